The third kappa shape index (κ3) is 3.24. The predicted octanol–water partition coefficient (Wildman–Crippen LogP) is 2.07. The molecule has 5 nitrogen and oxygen atoms in total. The summed E-state index contributed by atoms with van der Waals surface area (Å²) in [6, 6.07) is 4.64. The summed E-state index contributed by atoms with van der Waals surface area (Å²) in [6.45, 7) is 1.25. The molecule has 1 fully saturated rings. The first-order valence-corrected chi connectivity index (χ1v) is 7.55. The fourth-order valence-corrected chi connectivity index (χ4v) is 2.89. The van der Waals surface area contributed by atoms with Crippen LogP contribution in [-0.4, -0.2) is 42.2 Å². The Morgan fingerprint density at radius 3 is 2.75 bits per heavy atom. The summed E-state index contributed by atoms with van der Waals surface area (Å²) in [6.07, 6.45) is 1.50. The van der Waals surface area contributed by atoms with E-state index in [9.17, 15) is 9.90 Å². The molecule has 0 spiro atoms. The van der Waals surface area contributed by atoms with Gasteiger partial charge in [0.25, 0.3) is 5.91 Å². The Morgan fingerprint density at radius 2 is 2.20 bits per heavy atom. The molecule has 1 amide bonds. The summed E-state index contributed by atoms with van der Waals surface area (Å²) >= 11 is 3.46. The lowest BCUT2D eigenvalue weighted by molar-refractivity contribution is 0.0441. The van der Waals surface area contributed by atoms with Crippen LogP contribution in [0, 0.1) is 0 Å². The van der Waals surface area contributed by atoms with Crippen LogP contribution in [0.4, 0.5) is 0 Å². The second kappa shape index (κ2) is 6.45. The largest absolute Gasteiger partial charge is 0.507 e. The van der Waals surface area contributed by atoms with Gasteiger partial charge in [-0.3, -0.25) is 4.79 Å². The van der Waals surface area contributed by atoms with Gasteiger partial charge in [-0.15, -0.1) is 0 Å². The fraction of sp³-hybridized carbons (Fsp3) is 0.500. The molecule has 1 heterocycles. The summed E-state index contributed by atoms with van der Waals surface area (Å²) in [4.78, 5) is 12.3. The Morgan fingerprint density at radius 1 is 1.50 bits per heavy atom. The Hall–Kier alpha value is -1.27. The average Bonchev–Trinajstić information content (AvgIpc) is 2.47. The van der Waals surface area contributed by atoms with Gasteiger partial charge < -0.3 is 19.9 Å². The van der Waals surface area contributed by atoms with Crippen LogP contribution in [0.5, 0.6) is 11.5 Å². The Kier molecular flexibility index (Phi) is 4.88. The molecule has 0 aromatic heterocycles. The number of ether oxygens (including phenoxy) is 2. The second-order valence-electron chi connectivity index (χ2n) is 4.86. The molecule has 0 atom stereocenters. The standard InChI is InChI=1S/C14H18BrNO4/c1-19-10-2-3-11(12(17)8-10)13(18)16-14(9-15)4-6-20-7-5-14/h2-3,8,17H,4-7,9H2,1H3,(H,16,18). The summed E-state index contributed by atoms with van der Waals surface area (Å²) in [7, 11) is 1.51. The van der Waals surface area contributed by atoms with E-state index in [1.807, 2.05) is 0 Å². The van der Waals surface area contributed by atoms with Crippen molar-refractivity contribution in [2.45, 2.75) is 18.4 Å². The first kappa shape index (κ1) is 15.1. The highest BCUT2D eigenvalue weighted by molar-refractivity contribution is 9.09. The minimum atomic E-state index is -0.318. The minimum absolute atomic E-state index is 0.0846. The normalized spacial score (nSPS) is 17.5. The van der Waals surface area contributed by atoms with Gasteiger partial charge in [0.1, 0.15) is 11.5 Å². The molecule has 0 aliphatic carbocycles. The topological polar surface area (TPSA) is 67.8 Å². The Labute approximate surface area is 126 Å². The monoisotopic (exact) mass is 343 g/mol. The van der Waals surface area contributed by atoms with Crippen LogP contribution in [0.15, 0.2) is 18.2 Å². The van der Waals surface area contributed by atoms with E-state index >= 15 is 0 Å². The van der Waals surface area contributed by atoms with Crippen LogP contribution >= 0.6 is 15.9 Å². The van der Waals surface area contributed by atoms with Gasteiger partial charge in [-0.1, -0.05) is 15.9 Å². The molecule has 6 heteroatoms. The van der Waals surface area contributed by atoms with Crippen molar-refractivity contribution in [3.63, 3.8) is 0 Å². The SMILES string of the molecule is COc1ccc(C(=O)NC2(CBr)CCOCC2)c(O)c1. The van der Waals surface area contributed by atoms with E-state index in [4.69, 9.17) is 9.47 Å². The molecular formula is C14H18BrNO4. The summed E-state index contributed by atoms with van der Waals surface area (Å²) in [5, 5.41) is 13.6. The van der Waals surface area contributed by atoms with Crippen molar-refractivity contribution in [2.75, 3.05) is 25.7 Å². The third-order valence-electron chi connectivity index (χ3n) is 3.53. The van der Waals surface area contributed by atoms with Crippen LogP contribution in [0.25, 0.3) is 0 Å². The molecule has 110 valence electrons. The van der Waals surface area contributed by atoms with Crippen LogP contribution in [0.1, 0.15) is 23.2 Å². The zero-order valence-electron chi connectivity index (χ0n) is 11.3. The number of phenolic OH excluding ortho intramolecular Hbond substituents is 1. The molecule has 1 aromatic carbocycles. The molecule has 1 saturated heterocycles. The number of carbonyl (C=O) groups excluding carboxylic acids is 1. The number of rotatable bonds is 4. The maximum Gasteiger partial charge on any atom is 0.255 e. The molecular weight excluding hydrogens is 326 g/mol. The zero-order valence-corrected chi connectivity index (χ0v) is 12.9. The van der Waals surface area contributed by atoms with Crippen molar-refractivity contribution in [1.29, 1.82) is 0 Å². The van der Waals surface area contributed by atoms with Gasteiger partial charge in [0, 0.05) is 24.6 Å². The van der Waals surface area contributed by atoms with E-state index in [2.05, 4.69) is 21.2 Å². The third-order valence-corrected chi connectivity index (χ3v) is 4.61. The number of carbonyl (C=O) groups is 1. The molecule has 0 saturated carbocycles. The smallest absolute Gasteiger partial charge is 0.255 e. The maximum absolute atomic E-state index is 12.3. The fourth-order valence-electron chi connectivity index (χ4n) is 2.19. The minimum Gasteiger partial charge on any atom is -0.507 e. The van der Waals surface area contributed by atoms with Crippen molar-refractivity contribution in [1.82, 2.24) is 5.32 Å². The van der Waals surface area contributed by atoms with Crippen molar-refractivity contribution in [3.05, 3.63) is 23.8 Å². The number of hydrogen-bond donors (Lipinski definition) is 2. The van der Waals surface area contributed by atoms with E-state index in [1.165, 1.54) is 13.2 Å². The van der Waals surface area contributed by atoms with Gasteiger partial charge in [0.2, 0.25) is 0 Å². The molecule has 0 bridgehead atoms. The van der Waals surface area contributed by atoms with E-state index in [1.54, 1.807) is 12.1 Å². The number of amides is 1. The van der Waals surface area contributed by atoms with Crippen molar-refractivity contribution in [3.8, 4) is 11.5 Å². The highest BCUT2D eigenvalue weighted by atomic mass is 79.9. The number of benzene rings is 1. The number of alkyl halides is 1. The molecule has 20 heavy (non-hydrogen) atoms. The maximum atomic E-state index is 12.3. The van der Waals surface area contributed by atoms with E-state index < -0.39 is 0 Å². The van der Waals surface area contributed by atoms with Gasteiger partial charge in [0.05, 0.1) is 18.2 Å². The molecule has 1 aliphatic heterocycles. The molecule has 0 unspecified atom stereocenters. The average molecular weight is 344 g/mol. The highest BCUT2D eigenvalue weighted by Gasteiger charge is 2.33. The molecule has 2 N–H and O–H groups in total. The van der Waals surface area contributed by atoms with Crippen molar-refractivity contribution < 1.29 is 19.4 Å². The van der Waals surface area contributed by atoms with Gasteiger partial charge in [-0.2, -0.15) is 0 Å². The molecule has 0 radical (unpaired) electrons. The molecule has 1 aliphatic rings. The number of halogens is 1. The number of methoxy groups -OCH3 is 1. The number of phenols is 1. The Balaban J connectivity index is 2.14. The molecule has 1 aromatic rings. The summed E-state index contributed by atoms with van der Waals surface area (Å²) < 4.78 is 10.3. The first-order valence-electron chi connectivity index (χ1n) is 6.43. The van der Waals surface area contributed by atoms with Crippen molar-refractivity contribution in [2.24, 2.45) is 0 Å². The van der Waals surface area contributed by atoms with Crippen LogP contribution in [-0.2, 0) is 4.74 Å². The van der Waals surface area contributed by atoms with E-state index in [-0.39, 0.29) is 22.8 Å². The summed E-state index contributed by atoms with van der Waals surface area (Å²) in [5.74, 6) is 0.144. The number of hydrogen-bond acceptors (Lipinski definition) is 4. The quantitative estimate of drug-likeness (QED) is 0.821. The van der Waals surface area contributed by atoms with Crippen LogP contribution < -0.4 is 10.1 Å². The first-order chi connectivity index (χ1) is 9.60. The number of aromatic hydroxyl groups is 1. The number of nitrogens with one attached hydrogen (secondary N) is 1. The summed E-state index contributed by atoms with van der Waals surface area (Å²) in [5.41, 5.74) is -0.0700. The van der Waals surface area contributed by atoms with Crippen LogP contribution in [0.2, 0.25) is 0 Å². The van der Waals surface area contributed by atoms with E-state index in [0.717, 1.165) is 12.8 Å². The lowest BCUT2D eigenvalue weighted by Crippen LogP contribution is -2.53. The van der Waals surface area contributed by atoms with Crippen LogP contribution in [0.3, 0.4) is 0 Å². The molecule has 2 rings (SSSR count). The lowest BCUT2D eigenvalue weighted by Gasteiger charge is -2.36. The zero-order chi connectivity index (χ0) is 14.6. The second-order valence-corrected chi connectivity index (χ2v) is 5.42. The lowest BCUT2D eigenvalue weighted by atomic mass is 9.92. The van der Waals surface area contributed by atoms with E-state index in [0.29, 0.717) is 24.3 Å². The highest BCUT2D eigenvalue weighted by Crippen LogP contribution is 2.27. The van der Waals surface area contributed by atoms with Gasteiger partial charge in [0.15, 0.2) is 0 Å². The van der Waals surface area contributed by atoms with Gasteiger partial charge in [-0.25, -0.2) is 0 Å². The Bertz CT molecular complexity index is 486. The van der Waals surface area contributed by atoms with Gasteiger partial charge in [-0.05, 0) is 25.0 Å². The van der Waals surface area contributed by atoms with Gasteiger partial charge >= 0.3 is 0 Å². The predicted molar refractivity (Wildman–Crippen MR) is 78.7 cm³/mol. The van der Waals surface area contributed by atoms with Crippen molar-refractivity contribution >= 4 is 21.8 Å².